The van der Waals surface area contributed by atoms with Gasteiger partial charge in [0.05, 0.1) is 17.0 Å². The van der Waals surface area contributed by atoms with Crippen molar-refractivity contribution in [1.29, 1.82) is 0 Å². The van der Waals surface area contributed by atoms with Crippen LogP contribution in [-0.2, 0) is 9.59 Å². The average Bonchev–Trinajstić information content (AvgIpc) is 2.48. The molecule has 21 heavy (non-hydrogen) atoms. The molecule has 2 rings (SSSR count). The smallest absolute Gasteiger partial charge is 0.239 e. The van der Waals surface area contributed by atoms with Gasteiger partial charge in [0.2, 0.25) is 11.8 Å². The van der Waals surface area contributed by atoms with Gasteiger partial charge in [0.15, 0.2) is 0 Å². The second kappa shape index (κ2) is 6.87. The van der Waals surface area contributed by atoms with E-state index in [9.17, 15) is 9.59 Å². The molecule has 2 heterocycles. The minimum Gasteiger partial charge on any atom is -0.341 e. The Bertz CT molecular complexity index is 518. The lowest BCUT2D eigenvalue weighted by Crippen LogP contribution is -2.48. The zero-order chi connectivity index (χ0) is 15.4. The van der Waals surface area contributed by atoms with Gasteiger partial charge in [-0.1, -0.05) is 11.6 Å². The van der Waals surface area contributed by atoms with Gasteiger partial charge in [-0.05, 0) is 31.9 Å². The van der Waals surface area contributed by atoms with Crippen molar-refractivity contribution < 1.29 is 9.59 Å². The van der Waals surface area contributed by atoms with E-state index in [0.29, 0.717) is 23.9 Å². The van der Waals surface area contributed by atoms with Crippen molar-refractivity contribution in [2.45, 2.75) is 25.8 Å². The summed E-state index contributed by atoms with van der Waals surface area (Å²) in [5.41, 5.74) is 5.61. The number of anilines is 1. The molecule has 1 aliphatic heterocycles. The maximum atomic E-state index is 12.2. The molecule has 6 nitrogen and oxygen atoms in total. The minimum absolute atomic E-state index is 0.114. The van der Waals surface area contributed by atoms with E-state index < -0.39 is 6.04 Å². The molecule has 0 aromatic carbocycles. The van der Waals surface area contributed by atoms with Crippen molar-refractivity contribution in [2.24, 2.45) is 11.7 Å². The molecular formula is C14H19ClN4O2. The molecule has 1 aromatic rings. The summed E-state index contributed by atoms with van der Waals surface area (Å²) in [5, 5.41) is 3.26. The first-order valence-electron chi connectivity index (χ1n) is 6.94. The molecule has 1 saturated heterocycles. The minimum atomic E-state index is -0.537. The zero-order valence-electron chi connectivity index (χ0n) is 11.9. The van der Waals surface area contributed by atoms with Crippen molar-refractivity contribution in [3.8, 4) is 0 Å². The first-order valence-corrected chi connectivity index (χ1v) is 7.32. The number of hydrogen-bond donors (Lipinski definition) is 2. The van der Waals surface area contributed by atoms with Crippen LogP contribution in [0.4, 0.5) is 5.82 Å². The number of carbonyl (C=O) groups excluding carboxylic acids is 2. The average molecular weight is 311 g/mol. The SMILES string of the molecule is CC(N)C(=O)N1CCCC(C(=O)Nc2ccc(Cl)cn2)C1. The Balaban J connectivity index is 1.96. The fraction of sp³-hybridized carbons (Fsp3) is 0.500. The van der Waals surface area contributed by atoms with Crippen molar-refractivity contribution in [3.63, 3.8) is 0 Å². The zero-order valence-corrected chi connectivity index (χ0v) is 12.6. The third-order valence-corrected chi connectivity index (χ3v) is 3.70. The fourth-order valence-electron chi connectivity index (χ4n) is 2.36. The Morgan fingerprint density at radius 2 is 2.29 bits per heavy atom. The fourth-order valence-corrected chi connectivity index (χ4v) is 2.47. The van der Waals surface area contributed by atoms with Gasteiger partial charge >= 0.3 is 0 Å². The molecule has 114 valence electrons. The van der Waals surface area contributed by atoms with Crippen LogP contribution in [0.5, 0.6) is 0 Å². The highest BCUT2D eigenvalue weighted by molar-refractivity contribution is 6.30. The van der Waals surface area contributed by atoms with E-state index in [4.69, 9.17) is 17.3 Å². The molecule has 0 saturated carbocycles. The molecule has 0 radical (unpaired) electrons. The highest BCUT2D eigenvalue weighted by Crippen LogP contribution is 2.19. The Labute approximate surface area is 128 Å². The van der Waals surface area contributed by atoms with E-state index in [1.54, 1.807) is 24.0 Å². The molecule has 1 fully saturated rings. The predicted octanol–water partition coefficient (Wildman–Crippen LogP) is 1.26. The van der Waals surface area contributed by atoms with E-state index in [0.717, 1.165) is 12.8 Å². The third-order valence-electron chi connectivity index (χ3n) is 3.47. The summed E-state index contributed by atoms with van der Waals surface area (Å²) < 4.78 is 0. The number of nitrogens with zero attached hydrogens (tertiary/aromatic N) is 2. The number of likely N-dealkylation sites (tertiary alicyclic amines) is 1. The molecule has 0 bridgehead atoms. The Kier molecular flexibility index (Phi) is 5.14. The number of rotatable bonds is 3. The lowest BCUT2D eigenvalue weighted by atomic mass is 9.96. The Hall–Kier alpha value is -1.66. The van der Waals surface area contributed by atoms with Crippen molar-refractivity contribution in [2.75, 3.05) is 18.4 Å². The molecule has 0 aliphatic carbocycles. The third kappa shape index (κ3) is 4.15. The molecular weight excluding hydrogens is 292 g/mol. The number of piperidine rings is 1. The van der Waals surface area contributed by atoms with Gasteiger partial charge in [0, 0.05) is 19.3 Å². The first-order chi connectivity index (χ1) is 9.97. The summed E-state index contributed by atoms with van der Waals surface area (Å²) in [6.45, 7) is 2.72. The van der Waals surface area contributed by atoms with Crippen LogP contribution < -0.4 is 11.1 Å². The summed E-state index contributed by atoms with van der Waals surface area (Å²) in [6, 6.07) is 2.77. The standard InChI is InChI=1S/C14H19ClN4O2/c1-9(16)14(21)19-6-2-3-10(8-19)13(20)18-12-5-4-11(15)7-17-12/h4-5,7,9-10H,2-3,6,8,16H2,1H3,(H,17,18,20). The molecule has 1 aliphatic rings. The largest absolute Gasteiger partial charge is 0.341 e. The van der Waals surface area contributed by atoms with Crippen LogP contribution in [0.2, 0.25) is 5.02 Å². The summed E-state index contributed by atoms with van der Waals surface area (Å²) in [4.78, 5) is 29.8. The molecule has 1 aromatic heterocycles. The summed E-state index contributed by atoms with van der Waals surface area (Å²) in [5.74, 6) is -0.0249. The Morgan fingerprint density at radius 1 is 1.52 bits per heavy atom. The number of nitrogens with two attached hydrogens (primary N) is 1. The van der Waals surface area contributed by atoms with Gasteiger partial charge < -0.3 is 16.0 Å². The summed E-state index contributed by atoms with van der Waals surface area (Å²) >= 11 is 5.75. The van der Waals surface area contributed by atoms with Crippen LogP contribution in [0.25, 0.3) is 0 Å². The number of carbonyl (C=O) groups is 2. The monoisotopic (exact) mass is 310 g/mol. The lowest BCUT2D eigenvalue weighted by Gasteiger charge is -2.33. The van der Waals surface area contributed by atoms with Crippen molar-refractivity contribution in [1.82, 2.24) is 9.88 Å². The predicted molar refractivity (Wildman–Crippen MR) is 80.8 cm³/mol. The molecule has 2 amide bonds. The summed E-state index contributed by atoms with van der Waals surface area (Å²) in [7, 11) is 0. The van der Waals surface area contributed by atoms with Gasteiger partial charge in [0.25, 0.3) is 0 Å². The van der Waals surface area contributed by atoms with Crippen LogP contribution in [-0.4, -0.2) is 40.8 Å². The van der Waals surface area contributed by atoms with E-state index in [-0.39, 0.29) is 17.7 Å². The number of halogens is 1. The Morgan fingerprint density at radius 3 is 2.90 bits per heavy atom. The highest BCUT2D eigenvalue weighted by Gasteiger charge is 2.29. The van der Waals surface area contributed by atoms with Crippen LogP contribution >= 0.6 is 11.6 Å². The second-order valence-corrected chi connectivity index (χ2v) is 5.70. The second-order valence-electron chi connectivity index (χ2n) is 5.26. The molecule has 0 spiro atoms. The molecule has 7 heteroatoms. The van der Waals surface area contributed by atoms with E-state index in [1.807, 2.05) is 0 Å². The topological polar surface area (TPSA) is 88.3 Å². The number of amides is 2. The molecule has 2 unspecified atom stereocenters. The van der Waals surface area contributed by atoms with Crippen LogP contribution in [0.3, 0.4) is 0 Å². The first kappa shape index (κ1) is 15.7. The van der Waals surface area contributed by atoms with Crippen molar-refractivity contribution in [3.05, 3.63) is 23.4 Å². The van der Waals surface area contributed by atoms with Gasteiger partial charge in [-0.15, -0.1) is 0 Å². The van der Waals surface area contributed by atoms with Gasteiger partial charge in [0.1, 0.15) is 5.82 Å². The van der Waals surface area contributed by atoms with E-state index in [2.05, 4.69) is 10.3 Å². The number of pyridine rings is 1. The van der Waals surface area contributed by atoms with Gasteiger partial charge in [-0.3, -0.25) is 9.59 Å². The normalized spacial score (nSPS) is 20.0. The van der Waals surface area contributed by atoms with E-state index in [1.165, 1.54) is 6.20 Å². The van der Waals surface area contributed by atoms with Crippen LogP contribution in [0.15, 0.2) is 18.3 Å². The van der Waals surface area contributed by atoms with Crippen molar-refractivity contribution >= 4 is 29.2 Å². The number of nitrogens with one attached hydrogen (secondary N) is 1. The number of hydrogen-bond acceptors (Lipinski definition) is 4. The van der Waals surface area contributed by atoms with E-state index >= 15 is 0 Å². The van der Waals surface area contributed by atoms with Gasteiger partial charge in [-0.25, -0.2) is 4.98 Å². The number of aromatic nitrogens is 1. The maximum Gasteiger partial charge on any atom is 0.239 e. The quantitative estimate of drug-likeness (QED) is 0.879. The van der Waals surface area contributed by atoms with Crippen LogP contribution in [0, 0.1) is 5.92 Å². The molecule has 3 N–H and O–H groups in total. The maximum absolute atomic E-state index is 12.2. The van der Waals surface area contributed by atoms with Crippen LogP contribution in [0.1, 0.15) is 19.8 Å². The molecule has 2 atom stereocenters. The van der Waals surface area contributed by atoms with Gasteiger partial charge in [-0.2, -0.15) is 0 Å². The highest BCUT2D eigenvalue weighted by atomic mass is 35.5. The lowest BCUT2D eigenvalue weighted by molar-refractivity contribution is -0.135. The summed E-state index contributed by atoms with van der Waals surface area (Å²) in [6.07, 6.45) is 3.02.